The van der Waals surface area contributed by atoms with Crippen LogP contribution in [0.3, 0.4) is 0 Å². The second-order valence-electron chi connectivity index (χ2n) is 2.97. The molecule has 1 aromatic rings. The zero-order valence-corrected chi connectivity index (χ0v) is 10.3. The summed E-state index contributed by atoms with van der Waals surface area (Å²) in [5.41, 5.74) is 0.169. The fraction of sp³-hybridized carbons (Fsp3) is 0.300. The van der Waals surface area contributed by atoms with Gasteiger partial charge in [0.05, 0.1) is 18.7 Å². The van der Waals surface area contributed by atoms with Crippen LogP contribution in [0, 0.1) is 0 Å². The molecule has 0 aromatic heterocycles. The van der Waals surface area contributed by atoms with Crippen LogP contribution in [0.4, 0.5) is 0 Å². The third-order valence-corrected chi connectivity index (χ3v) is 2.65. The molecule has 88 valence electrons. The minimum Gasteiger partial charge on any atom is -0.496 e. The lowest BCUT2D eigenvalue weighted by Gasteiger charge is -2.14. The molecule has 1 aromatic carbocycles. The van der Waals surface area contributed by atoms with Crippen molar-refractivity contribution in [3.05, 3.63) is 22.2 Å². The maximum atomic E-state index is 10.7. The van der Waals surface area contributed by atoms with Crippen LogP contribution in [0.1, 0.15) is 11.7 Å². The van der Waals surface area contributed by atoms with Gasteiger partial charge in [-0.15, -0.1) is 0 Å². The van der Waals surface area contributed by atoms with Crippen molar-refractivity contribution in [2.75, 3.05) is 14.2 Å². The first-order valence-corrected chi connectivity index (χ1v) is 5.12. The molecule has 1 unspecified atom stereocenters. The highest BCUT2D eigenvalue weighted by Crippen LogP contribution is 2.35. The average Bonchev–Trinajstić information content (AvgIpc) is 2.27. The number of benzene rings is 1. The Bertz CT molecular complexity index is 404. The molecule has 0 aliphatic rings. The largest absolute Gasteiger partial charge is 0.496 e. The van der Waals surface area contributed by atoms with E-state index in [0.717, 1.165) is 0 Å². The summed E-state index contributed by atoms with van der Waals surface area (Å²) in [6.45, 7) is 0. The Kier molecular flexibility index (Phi) is 4.14. The molecule has 0 heterocycles. The van der Waals surface area contributed by atoms with Crippen molar-refractivity contribution in [2.45, 2.75) is 6.10 Å². The van der Waals surface area contributed by atoms with Gasteiger partial charge in [0.15, 0.2) is 6.10 Å². The fourth-order valence-electron chi connectivity index (χ4n) is 1.23. The molecule has 0 fully saturated rings. The number of halogens is 1. The lowest BCUT2D eigenvalue weighted by atomic mass is 10.1. The molecule has 0 saturated heterocycles. The average molecular weight is 291 g/mol. The van der Waals surface area contributed by atoms with E-state index in [1.807, 2.05) is 0 Å². The van der Waals surface area contributed by atoms with E-state index in [2.05, 4.69) is 15.9 Å². The van der Waals surface area contributed by atoms with Crippen LogP contribution in [0.25, 0.3) is 0 Å². The summed E-state index contributed by atoms with van der Waals surface area (Å²) in [5.74, 6) is -0.580. The Morgan fingerprint density at radius 2 is 1.88 bits per heavy atom. The maximum Gasteiger partial charge on any atom is 0.337 e. The second kappa shape index (κ2) is 5.18. The molecule has 6 heteroatoms. The van der Waals surface area contributed by atoms with Gasteiger partial charge >= 0.3 is 5.97 Å². The summed E-state index contributed by atoms with van der Waals surface area (Å²) >= 11 is 3.20. The number of aliphatic hydroxyl groups is 1. The van der Waals surface area contributed by atoms with Gasteiger partial charge in [0.1, 0.15) is 11.5 Å². The molecular weight excluding hydrogens is 280 g/mol. The van der Waals surface area contributed by atoms with Crippen molar-refractivity contribution in [1.82, 2.24) is 0 Å². The molecule has 1 rings (SSSR count). The van der Waals surface area contributed by atoms with Crippen LogP contribution in [0.2, 0.25) is 0 Å². The number of aliphatic carboxylic acids is 1. The van der Waals surface area contributed by atoms with Crippen LogP contribution in [-0.2, 0) is 4.79 Å². The van der Waals surface area contributed by atoms with Crippen molar-refractivity contribution in [1.29, 1.82) is 0 Å². The number of methoxy groups -OCH3 is 2. The van der Waals surface area contributed by atoms with E-state index in [9.17, 15) is 9.90 Å². The van der Waals surface area contributed by atoms with Crippen molar-refractivity contribution >= 4 is 21.9 Å². The van der Waals surface area contributed by atoms with Gasteiger partial charge in [0.2, 0.25) is 0 Å². The summed E-state index contributed by atoms with van der Waals surface area (Å²) in [4.78, 5) is 10.7. The van der Waals surface area contributed by atoms with Crippen molar-refractivity contribution in [3.63, 3.8) is 0 Å². The number of carboxylic acids is 1. The number of aliphatic hydroxyl groups excluding tert-OH is 1. The SMILES string of the molecule is COc1cc(OC)c(C(O)C(=O)O)cc1Br. The summed E-state index contributed by atoms with van der Waals surface area (Å²) in [7, 11) is 2.87. The molecule has 0 aliphatic heterocycles. The second-order valence-corrected chi connectivity index (χ2v) is 3.82. The van der Waals surface area contributed by atoms with E-state index in [1.165, 1.54) is 26.4 Å². The van der Waals surface area contributed by atoms with Gasteiger partial charge in [-0.2, -0.15) is 0 Å². The van der Waals surface area contributed by atoms with Gasteiger partial charge < -0.3 is 19.7 Å². The topological polar surface area (TPSA) is 76.0 Å². The summed E-state index contributed by atoms with van der Waals surface area (Å²) in [6.07, 6.45) is -1.63. The van der Waals surface area contributed by atoms with E-state index in [-0.39, 0.29) is 11.3 Å². The Labute approximate surface area is 101 Å². The quantitative estimate of drug-likeness (QED) is 0.881. The molecule has 0 aliphatic carbocycles. The Hall–Kier alpha value is -1.27. The number of hydrogen-bond acceptors (Lipinski definition) is 4. The van der Waals surface area contributed by atoms with Gasteiger partial charge in [0, 0.05) is 11.6 Å². The highest BCUT2D eigenvalue weighted by molar-refractivity contribution is 9.10. The maximum absolute atomic E-state index is 10.7. The number of rotatable bonds is 4. The third kappa shape index (κ3) is 2.45. The van der Waals surface area contributed by atoms with E-state index < -0.39 is 12.1 Å². The monoisotopic (exact) mass is 290 g/mol. The highest BCUT2D eigenvalue weighted by atomic mass is 79.9. The van der Waals surface area contributed by atoms with E-state index in [0.29, 0.717) is 10.2 Å². The van der Waals surface area contributed by atoms with Gasteiger partial charge in [-0.05, 0) is 22.0 Å². The predicted octanol–water partition coefficient (Wildman–Crippen LogP) is 1.58. The Balaban J connectivity index is 3.28. The van der Waals surface area contributed by atoms with Gasteiger partial charge in [-0.1, -0.05) is 0 Å². The lowest BCUT2D eigenvalue weighted by molar-refractivity contribution is -0.147. The normalized spacial score (nSPS) is 12.0. The molecule has 0 saturated carbocycles. The zero-order valence-electron chi connectivity index (χ0n) is 8.73. The summed E-state index contributed by atoms with van der Waals surface area (Å²) in [5, 5.41) is 18.2. The fourth-order valence-corrected chi connectivity index (χ4v) is 1.75. The van der Waals surface area contributed by atoms with Crippen LogP contribution in [0.15, 0.2) is 16.6 Å². The summed E-state index contributed by atoms with van der Waals surface area (Å²) in [6, 6.07) is 2.96. The smallest absolute Gasteiger partial charge is 0.337 e. The van der Waals surface area contributed by atoms with Gasteiger partial charge in [0.25, 0.3) is 0 Å². The minimum absolute atomic E-state index is 0.169. The third-order valence-electron chi connectivity index (χ3n) is 2.03. The molecular formula is C10H11BrO5. The van der Waals surface area contributed by atoms with Gasteiger partial charge in [-0.25, -0.2) is 4.79 Å². The van der Waals surface area contributed by atoms with Crippen LogP contribution >= 0.6 is 15.9 Å². The Morgan fingerprint density at radius 1 is 1.31 bits per heavy atom. The van der Waals surface area contributed by atoms with Crippen LogP contribution < -0.4 is 9.47 Å². The molecule has 16 heavy (non-hydrogen) atoms. The van der Waals surface area contributed by atoms with Crippen LogP contribution in [0.5, 0.6) is 11.5 Å². The minimum atomic E-state index is -1.63. The first-order chi connectivity index (χ1) is 7.51. The number of carboxylic acid groups (broad SMARTS) is 1. The first kappa shape index (κ1) is 12.8. The number of ether oxygens (including phenoxy) is 2. The number of hydrogen-bond donors (Lipinski definition) is 2. The number of carbonyl (C=O) groups is 1. The van der Waals surface area contributed by atoms with Crippen molar-refractivity contribution < 1.29 is 24.5 Å². The van der Waals surface area contributed by atoms with Gasteiger partial charge in [-0.3, -0.25) is 0 Å². The Morgan fingerprint density at radius 3 is 2.31 bits per heavy atom. The summed E-state index contributed by atoms with van der Waals surface area (Å²) < 4.78 is 10.6. The standard InChI is InChI=1S/C10H11BrO5/c1-15-7-4-8(16-2)6(11)3-5(7)9(12)10(13)14/h3-4,9,12H,1-2H3,(H,13,14). The van der Waals surface area contributed by atoms with E-state index in [1.54, 1.807) is 0 Å². The van der Waals surface area contributed by atoms with E-state index >= 15 is 0 Å². The first-order valence-electron chi connectivity index (χ1n) is 4.33. The zero-order chi connectivity index (χ0) is 12.3. The van der Waals surface area contributed by atoms with Crippen molar-refractivity contribution in [2.24, 2.45) is 0 Å². The lowest BCUT2D eigenvalue weighted by Crippen LogP contribution is -2.12. The van der Waals surface area contributed by atoms with Crippen LogP contribution in [-0.4, -0.2) is 30.4 Å². The molecule has 0 bridgehead atoms. The van der Waals surface area contributed by atoms with Crippen molar-refractivity contribution in [3.8, 4) is 11.5 Å². The molecule has 0 amide bonds. The highest BCUT2D eigenvalue weighted by Gasteiger charge is 2.22. The van der Waals surface area contributed by atoms with E-state index in [4.69, 9.17) is 14.6 Å². The molecule has 0 spiro atoms. The molecule has 2 N–H and O–H groups in total. The molecule has 5 nitrogen and oxygen atoms in total. The molecule has 0 radical (unpaired) electrons. The predicted molar refractivity (Wildman–Crippen MR) is 59.8 cm³/mol. The molecule has 1 atom stereocenters.